The Hall–Kier alpha value is -3.46. The maximum Gasteiger partial charge on any atom is 0.338 e. The minimum Gasteiger partial charge on any atom is -0.465 e. The zero-order valence-electron chi connectivity index (χ0n) is 14.8. The molecule has 1 amide bonds. The normalized spacial score (nSPS) is 11.2. The van der Waals surface area contributed by atoms with Crippen LogP contribution in [0.3, 0.4) is 0 Å². The largest absolute Gasteiger partial charge is 0.465 e. The summed E-state index contributed by atoms with van der Waals surface area (Å²) in [6.45, 7) is 1.33. The van der Waals surface area contributed by atoms with Crippen LogP contribution in [0.25, 0.3) is 0 Å². The van der Waals surface area contributed by atoms with Crippen molar-refractivity contribution in [3.63, 3.8) is 0 Å². The molecule has 1 N–H and O–H groups in total. The molecule has 2 aromatic rings. The van der Waals surface area contributed by atoms with Gasteiger partial charge in [0.25, 0.3) is 11.6 Å². The molecule has 0 fully saturated rings. The molecule has 1 atom stereocenters. The predicted molar refractivity (Wildman–Crippen MR) is 99.4 cm³/mol. The Labute approximate surface area is 164 Å². The number of nitro benzene ring substituents is 1. The quantitative estimate of drug-likeness (QED) is 0.443. The molecule has 1 unspecified atom stereocenters. The van der Waals surface area contributed by atoms with Crippen LogP contribution in [-0.4, -0.2) is 36.0 Å². The van der Waals surface area contributed by atoms with E-state index < -0.39 is 28.9 Å². The second-order valence-corrected chi connectivity index (χ2v) is 5.93. The van der Waals surface area contributed by atoms with E-state index in [-0.39, 0.29) is 27.5 Å². The third-order valence-corrected chi connectivity index (χ3v) is 3.94. The van der Waals surface area contributed by atoms with Crippen LogP contribution in [0.15, 0.2) is 42.5 Å². The average molecular weight is 407 g/mol. The maximum atomic E-state index is 12.2. The highest BCUT2D eigenvalue weighted by Gasteiger charge is 2.21. The van der Waals surface area contributed by atoms with Crippen molar-refractivity contribution in [2.24, 2.45) is 0 Å². The van der Waals surface area contributed by atoms with Crippen LogP contribution in [0.1, 0.15) is 27.6 Å². The number of esters is 2. The maximum absolute atomic E-state index is 12.2. The van der Waals surface area contributed by atoms with Gasteiger partial charge in [0.05, 0.1) is 33.9 Å². The third-order valence-electron chi connectivity index (χ3n) is 3.61. The standard InChI is InChI=1S/C18H15ClN2O7/c1-10(16(22)20-15-9-13(21(25)26)7-8-14(15)19)28-18(24)12-5-3-11(4-6-12)17(23)27-2/h3-10H,1-2H3,(H,20,22). The van der Waals surface area contributed by atoms with Crippen LogP contribution < -0.4 is 5.32 Å². The lowest BCUT2D eigenvalue weighted by atomic mass is 10.1. The smallest absolute Gasteiger partial charge is 0.338 e. The summed E-state index contributed by atoms with van der Waals surface area (Å²) in [5.41, 5.74) is 0.145. The molecule has 0 heterocycles. The first-order valence-electron chi connectivity index (χ1n) is 7.87. The van der Waals surface area contributed by atoms with E-state index in [1.54, 1.807) is 0 Å². The van der Waals surface area contributed by atoms with Gasteiger partial charge in [0, 0.05) is 12.1 Å². The lowest BCUT2D eigenvalue weighted by Crippen LogP contribution is -2.30. The number of anilines is 1. The van der Waals surface area contributed by atoms with Crippen molar-refractivity contribution >= 4 is 40.8 Å². The van der Waals surface area contributed by atoms with E-state index in [0.29, 0.717) is 0 Å². The first kappa shape index (κ1) is 20.8. The Kier molecular flexibility index (Phi) is 6.67. The first-order valence-corrected chi connectivity index (χ1v) is 8.25. The van der Waals surface area contributed by atoms with Crippen molar-refractivity contribution < 1.29 is 28.8 Å². The molecule has 0 bridgehead atoms. The van der Waals surface area contributed by atoms with Crippen molar-refractivity contribution in [3.05, 3.63) is 68.7 Å². The molecule has 2 rings (SSSR count). The van der Waals surface area contributed by atoms with E-state index in [9.17, 15) is 24.5 Å². The monoisotopic (exact) mass is 406 g/mol. The average Bonchev–Trinajstić information content (AvgIpc) is 2.68. The SMILES string of the molecule is COC(=O)c1ccc(C(=O)OC(C)C(=O)Nc2cc([N+](=O)[O-])ccc2Cl)cc1. The molecule has 0 radical (unpaired) electrons. The first-order chi connectivity index (χ1) is 13.2. The van der Waals surface area contributed by atoms with Gasteiger partial charge < -0.3 is 14.8 Å². The number of benzene rings is 2. The highest BCUT2D eigenvalue weighted by molar-refractivity contribution is 6.33. The number of amides is 1. The topological polar surface area (TPSA) is 125 Å². The minimum atomic E-state index is -1.21. The molecule has 0 aliphatic heterocycles. The summed E-state index contributed by atoms with van der Waals surface area (Å²) in [5.74, 6) is -2.06. The molecule has 9 nitrogen and oxygen atoms in total. The summed E-state index contributed by atoms with van der Waals surface area (Å²) < 4.78 is 9.63. The number of carbonyl (C=O) groups excluding carboxylic acids is 3. The molecule has 0 saturated carbocycles. The molecule has 0 spiro atoms. The highest BCUT2D eigenvalue weighted by Crippen LogP contribution is 2.27. The number of nitro groups is 1. The lowest BCUT2D eigenvalue weighted by Gasteiger charge is -2.14. The minimum absolute atomic E-state index is 0.0196. The number of carbonyl (C=O) groups is 3. The van der Waals surface area contributed by atoms with Gasteiger partial charge in [0.2, 0.25) is 0 Å². The van der Waals surface area contributed by atoms with E-state index in [1.165, 1.54) is 50.4 Å². The molecule has 0 aliphatic carbocycles. The Bertz CT molecular complexity index is 928. The fraction of sp³-hybridized carbons (Fsp3) is 0.167. The van der Waals surface area contributed by atoms with Gasteiger partial charge in [-0.2, -0.15) is 0 Å². The highest BCUT2D eigenvalue weighted by atomic mass is 35.5. The number of nitrogens with one attached hydrogen (secondary N) is 1. The summed E-state index contributed by atoms with van der Waals surface area (Å²) >= 11 is 5.92. The van der Waals surface area contributed by atoms with E-state index in [4.69, 9.17) is 16.3 Å². The van der Waals surface area contributed by atoms with Crippen molar-refractivity contribution in [1.29, 1.82) is 0 Å². The van der Waals surface area contributed by atoms with Crippen molar-refractivity contribution in [2.75, 3.05) is 12.4 Å². The predicted octanol–water partition coefficient (Wildman–Crippen LogP) is 3.22. The van der Waals surface area contributed by atoms with Crippen molar-refractivity contribution in [1.82, 2.24) is 0 Å². The van der Waals surface area contributed by atoms with E-state index in [2.05, 4.69) is 10.1 Å². The lowest BCUT2D eigenvalue weighted by molar-refractivity contribution is -0.384. The Morgan fingerprint density at radius 2 is 1.64 bits per heavy atom. The fourth-order valence-corrected chi connectivity index (χ4v) is 2.26. The zero-order valence-corrected chi connectivity index (χ0v) is 15.6. The summed E-state index contributed by atoms with van der Waals surface area (Å²) in [5, 5.41) is 13.3. The summed E-state index contributed by atoms with van der Waals surface area (Å²) in [6, 6.07) is 9.05. The van der Waals surface area contributed by atoms with Crippen LogP contribution in [0.2, 0.25) is 5.02 Å². The molecule has 28 heavy (non-hydrogen) atoms. The molecular formula is C18H15ClN2O7. The van der Waals surface area contributed by atoms with Gasteiger partial charge in [-0.05, 0) is 37.3 Å². The van der Waals surface area contributed by atoms with Gasteiger partial charge >= 0.3 is 11.9 Å². The van der Waals surface area contributed by atoms with Crippen molar-refractivity contribution in [3.8, 4) is 0 Å². The van der Waals surface area contributed by atoms with E-state index in [1.807, 2.05) is 0 Å². The van der Waals surface area contributed by atoms with Gasteiger partial charge in [-0.1, -0.05) is 11.6 Å². The number of ether oxygens (including phenoxy) is 2. The number of rotatable bonds is 6. The number of halogens is 1. The van der Waals surface area contributed by atoms with Crippen LogP contribution in [0.4, 0.5) is 11.4 Å². The Morgan fingerprint density at radius 3 is 2.18 bits per heavy atom. The second-order valence-electron chi connectivity index (χ2n) is 5.53. The zero-order chi connectivity index (χ0) is 20.8. The van der Waals surface area contributed by atoms with Gasteiger partial charge in [-0.15, -0.1) is 0 Å². The van der Waals surface area contributed by atoms with Crippen LogP contribution in [0.5, 0.6) is 0 Å². The van der Waals surface area contributed by atoms with Gasteiger partial charge in [0.1, 0.15) is 0 Å². The number of methoxy groups -OCH3 is 1. The van der Waals surface area contributed by atoms with Crippen molar-refractivity contribution in [2.45, 2.75) is 13.0 Å². The summed E-state index contributed by atoms with van der Waals surface area (Å²) in [7, 11) is 1.23. The van der Waals surface area contributed by atoms with E-state index in [0.717, 1.165) is 6.07 Å². The fourth-order valence-electron chi connectivity index (χ4n) is 2.10. The summed E-state index contributed by atoms with van der Waals surface area (Å²) in [4.78, 5) is 45.9. The number of hydrogen-bond acceptors (Lipinski definition) is 7. The summed E-state index contributed by atoms with van der Waals surface area (Å²) in [6.07, 6.45) is -1.21. The molecule has 0 aliphatic rings. The molecule has 0 saturated heterocycles. The molecule has 10 heteroatoms. The van der Waals surface area contributed by atoms with Gasteiger partial charge in [0.15, 0.2) is 6.10 Å². The van der Waals surface area contributed by atoms with Crippen LogP contribution in [-0.2, 0) is 14.3 Å². The Balaban J connectivity index is 2.04. The third kappa shape index (κ3) is 5.04. The molecular weight excluding hydrogens is 392 g/mol. The van der Waals surface area contributed by atoms with Crippen LogP contribution in [0, 0.1) is 10.1 Å². The molecule has 2 aromatic carbocycles. The number of nitrogens with zero attached hydrogens (tertiary/aromatic N) is 1. The number of hydrogen-bond donors (Lipinski definition) is 1. The van der Waals surface area contributed by atoms with Gasteiger partial charge in [-0.3, -0.25) is 14.9 Å². The van der Waals surface area contributed by atoms with E-state index >= 15 is 0 Å². The molecule has 146 valence electrons. The Morgan fingerprint density at radius 1 is 1.07 bits per heavy atom. The second kappa shape index (κ2) is 8.96. The number of non-ortho nitro benzene ring substituents is 1. The van der Waals surface area contributed by atoms with Gasteiger partial charge in [-0.25, -0.2) is 9.59 Å². The molecule has 0 aromatic heterocycles. The van der Waals surface area contributed by atoms with Crippen LogP contribution >= 0.6 is 11.6 Å².